The van der Waals surface area contributed by atoms with Gasteiger partial charge in [-0.25, -0.2) is 8.42 Å². The maximum Gasteiger partial charge on any atom is 0.264 e. The SMILES string of the molecule is COc1ccc(C)cc1N(CC(=O)N(Cc1cccc(Br)c1)C(C)C(=O)NC1CCCCC1)S(=O)(=O)c1ccccc1. The topological polar surface area (TPSA) is 96.0 Å². The highest BCUT2D eigenvalue weighted by molar-refractivity contribution is 9.10. The van der Waals surface area contributed by atoms with E-state index in [0.29, 0.717) is 5.75 Å². The number of hydrogen-bond acceptors (Lipinski definition) is 5. The molecule has 1 N–H and O–H groups in total. The molecule has 0 bridgehead atoms. The summed E-state index contributed by atoms with van der Waals surface area (Å²) in [6.45, 7) is 3.14. The minimum absolute atomic E-state index is 0.0444. The summed E-state index contributed by atoms with van der Waals surface area (Å²) in [5.41, 5.74) is 1.86. The molecule has 8 nitrogen and oxygen atoms in total. The number of nitrogens with zero attached hydrogens (tertiary/aromatic N) is 2. The summed E-state index contributed by atoms with van der Waals surface area (Å²) in [7, 11) is -2.72. The van der Waals surface area contributed by atoms with Crippen molar-refractivity contribution in [2.45, 2.75) is 69.5 Å². The molecule has 0 saturated heterocycles. The summed E-state index contributed by atoms with van der Waals surface area (Å²) in [6, 6.07) is 19.9. The fourth-order valence-corrected chi connectivity index (χ4v) is 7.10. The standard InChI is InChI=1S/C32H38BrN3O5S/c1-23-17-18-30(41-3)29(19-23)36(42(39,40)28-15-8-5-9-16-28)22-31(37)35(21-25-11-10-12-26(33)20-25)24(2)32(38)34-27-13-6-4-7-14-27/h5,8-12,15-20,24,27H,4,6-7,13-14,21-22H2,1-3H3,(H,34,38). The maximum absolute atomic E-state index is 14.2. The molecule has 1 fully saturated rings. The van der Waals surface area contributed by atoms with Gasteiger partial charge >= 0.3 is 0 Å². The molecule has 0 aliphatic heterocycles. The molecule has 0 heterocycles. The second-order valence-corrected chi connectivity index (χ2v) is 13.4. The number of carbonyl (C=O) groups is 2. The van der Waals surface area contributed by atoms with Crippen LogP contribution < -0.4 is 14.4 Å². The molecule has 1 aliphatic rings. The zero-order valence-electron chi connectivity index (χ0n) is 24.3. The number of ether oxygens (including phenoxy) is 1. The Morgan fingerprint density at radius 3 is 2.38 bits per heavy atom. The molecular formula is C32H38BrN3O5S. The van der Waals surface area contributed by atoms with Crippen LogP contribution in [0, 0.1) is 6.92 Å². The van der Waals surface area contributed by atoms with Crippen LogP contribution in [-0.4, -0.2) is 50.9 Å². The van der Waals surface area contributed by atoms with Crippen molar-refractivity contribution in [1.82, 2.24) is 10.2 Å². The van der Waals surface area contributed by atoms with Crippen molar-refractivity contribution < 1.29 is 22.7 Å². The smallest absolute Gasteiger partial charge is 0.264 e. The second-order valence-electron chi connectivity index (χ2n) is 10.7. The van der Waals surface area contributed by atoms with E-state index < -0.39 is 28.5 Å². The quantitative estimate of drug-likeness (QED) is 0.281. The molecule has 0 spiro atoms. The Kier molecular flexibility index (Phi) is 10.7. The van der Waals surface area contributed by atoms with E-state index in [0.717, 1.165) is 52.0 Å². The number of benzene rings is 3. The number of rotatable bonds is 11. The predicted molar refractivity (Wildman–Crippen MR) is 168 cm³/mol. The van der Waals surface area contributed by atoms with Gasteiger partial charge in [-0.1, -0.05) is 71.6 Å². The third-order valence-electron chi connectivity index (χ3n) is 7.57. The van der Waals surface area contributed by atoms with E-state index in [-0.39, 0.29) is 29.1 Å². The summed E-state index contributed by atoms with van der Waals surface area (Å²) in [4.78, 5) is 29.2. The number of amides is 2. The summed E-state index contributed by atoms with van der Waals surface area (Å²) < 4.78 is 35.6. The van der Waals surface area contributed by atoms with Crippen molar-refractivity contribution in [2.75, 3.05) is 18.0 Å². The first-order chi connectivity index (χ1) is 20.1. The van der Waals surface area contributed by atoms with Crippen LogP contribution in [0.25, 0.3) is 0 Å². The van der Waals surface area contributed by atoms with Crippen molar-refractivity contribution >= 4 is 43.5 Å². The van der Waals surface area contributed by atoms with Crippen LogP contribution in [0.1, 0.15) is 50.2 Å². The second kappa shape index (κ2) is 14.2. The van der Waals surface area contributed by atoms with E-state index in [2.05, 4.69) is 21.2 Å². The number of hydrogen-bond donors (Lipinski definition) is 1. The average molecular weight is 657 g/mol. The summed E-state index contributed by atoms with van der Waals surface area (Å²) in [6.07, 6.45) is 5.10. The van der Waals surface area contributed by atoms with Gasteiger partial charge in [0.1, 0.15) is 18.3 Å². The van der Waals surface area contributed by atoms with E-state index in [1.165, 1.54) is 24.1 Å². The van der Waals surface area contributed by atoms with E-state index in [9.17, 15) is 18.0 Å². The zero-order chi connectivity index (χ0) is 30.3. The van der Waals surface area contributed by atoms with Gasteiger partial charge in [-0.2, -0.15) is 0 Å². The lowest BCUT2D eigenvalue weighted by atomic mass is 9.95. The Morgan fingerprint density at radius 2 is 1.71 bits per heavy atom. The molecule has 0 aromatic heterocycles. The van der Waals surface area contributed by atoms with E-state index >= 15 is 0 Å². The third kappa shape index (κ3) is 7.72. The highest BCUT2D eigenvalue weighted by Crippen LogP contribution is 2.34. The van der Waals surface area contributed by atoms with Crippen molar-refractivity contribution in [3.8, 4) is 5.75 Å². The molecule has 2 amide bonds. The Bertz CT molecular complexity index is 1490. The molecule has 224 valence electrons. The Hall–Kier alpha value is -3.37. The number of methoxy groups -OCH3 is 1. The third-order valence-corrected chi connectivity index (χ3v) is 9.84. The van der Waals surface area contributed by atoms with Gasteiger partial charge < -0.3 is 15.0 Å². The molecule has 1 aliphatic carbocycles. The summed E-state index contributed by atoms with van der Waals surface area (Å²) in [5.74, 6) is -0.449. The monoisotopic (exact) mass is 655 g/mol. The first kappa shape index (κ1) is 31.6. The number of nitrogens with one attached hydrogen (secondary N) is 1. The van der Waals surface area contributed by atoms with E-state index in [1.807, 2.05) is 37.3 Å². The maximum atomic E-state index is 14.2. The molecule has 3 aromatic rings. The van der Waals surface area contributed by atoms with Gasteiger partial charge in [-0.15, -0.1) is 0 Å². The zero-order valence-corrected chi connectivity index (χ0v) is 26.7. The number of sulfonamides is 1. The first-order valence-electron chi connectivity index (χ1n) is 14.2. The average Bonchev–Trinajstić information content (AvgIpc) is 2.99. The van der Waals surface area contributed by atoms with Crippen molar-refractivity contribution in [3.05, 3.63) is 88.4 Å². The largest absolute Gasteiger partial charge is 0.495 e. The number of aryl methyl sites for hydroxylation is 1. The molecule has 4 rings (SSSR count). The fourth-order valence-electron chi connectivity index (χ4n) is 5.21. The number of carbonyl (C=O) groups excluding carboxylic acids is 2. The van der Waals surface area contributed by atoms with Gasteiger partial charge in [-0.3, -0.25) is 13.9 Å². The van der Waals surface area contributed by atoms with Gasteiger partial charge in [0.15, 0.2) is 0 Å². The highest BCUT2D eigenvalue weighted by atomic mass is 79.9. The minimum atomic E-state index is -4.18. The normalized spacial score (nSPS) is 14.6. The van der Waals surface area contributed by atoms with E-state index in [4.69, 9.17) is 4.74 Å². The molecule has 42 heavy (non-hydrogen) atoms. The van der Waals surface area contributed by atoms with Crippen LogP contribution >= 0.6 is 15.9 Å². The lowest BCUT2D eigenvalue weighted by molar-refractivity contribution is -0.139. The lowest BCUT2D eigenvalue weighted by Gasteiger charge is -2.33. The van der Waals surface area contributed by atoms with Crippen molar-refractivity contribution in [2.24, 2.45) is 0 Å². The van der Waals surface area contributed by atoms with Gasteiger partial charge in [0.05, 0.1) is 17.7 Å². The van der Waals surface area contributed by atoms with Crippen LogP contribution in [0.15, 0.2) is 82.2 Å². The number of halogens is 1. The Balaban J connectivity index is 1.72. The molecular weight excluding hydrogens is 618 g/mol. The van der Waals surface area contributed by atoms with Crippen LogP contribution in [0.2, 0.25) is 0 Å². The molecule has 1 unspecified atom stereocenters. The van der Waals surface area contributed by atoms with E-state index in [1.54, 1.807) is 37.3 Å². The first-order valence-corrected chi connectivity index (χ1v) is 16.4. The predicted octanol–water partition coefficient (Wildman–Crippen LogP) is 5.83. The Labute approximate surface area is 257 Å². The molecule has 1 atom stereocenters. The van der Waals surface area contributed by atoms with Crippen molar-refractivity contribution in [3.63, 3.8) is 0 Å². The van der Waals surface area contributed by atoms with Gasteiger partial charge in [0.25, 0.3) is 10.0 Å². The minimum Gasteiger partial charge on any atom is -0.495 e. The van der Waals surface area contributed by atoms with Crippen LogP contribution in [0.5, 0.6) is 5.75 Å². The van der Waals surface area contributed by atoms with Crippen molar-refractivity contribution in [1.29, 1.82) is 0 Å². The molecule has 0 radical (unpaired) electrons. The highest BCUT2D eigenvalue weighted by Gasteiger charge is 2.34. The van der Waals surface area contributed by atoms with Gasteiger partial charge in [0.2, 0.25) is 11.8 Å². The van der Waals surface area contributed by atoms with Crippen LogP contribution in [0.3, 0.4) is 0 Å². The molecule has 1 saturated carbocycles. The van der Waals surface area contributed by atoms with Crippen LogP contribution in [0.4, 0.5) is 5.69 Å². The fraction of sp³-hybridized carbons (Fsp3) is 0.375. The molecule has 10 heteroatoms. The lowest BCUT2D eigenvalue weighted by Crippen LogP contribution is -2.53. The molecule has 3 aromatic carbocycles. The van der Waals surface area contributed by atoms with Gasteiger partial charge in [0, 0.05) is 17.1 Å². The Morgan fingerprint density at radius 1 is 1.00 bits per heavy atom. The van der Waals surface area contributed by atoms with Gasteiger partial charge in [-0.05, 0) is 74.2 Å². The number of anilines is 1. The van der Waals surface area contributed by atoms with Crippen LogP contribution in [-0.2, 0) is 26.2 Å². The summed E-state index contributed by atoms with van der Waals surface area (Å²) >= 11 is 3.48. The summed E-state index contributed by atoms with van der Waals surface area (Å²) in [5, 5.41) is 3.12.